The molecule has 1 rings (SSSR count). The molecule has 0 aliphatic heterocycles. The van der Waals surface area contributed by atoms with Crippen LogP contribution in [0.4, 0.5) is 0 Å². The highest BCUT2D eigenvalue weighted by molar-refractivity contribution is 14.1. The molecule has 0 saturated heterocycles. The Labute approximate surface area is 134 Å². The minimum absolute atomic E-state index is 0.464. The highest BCUT2D eigenvalue weighted by Gasteiger charge is 2.30. The molecule has 0 amide bonds. The summed E-state index contributed by atoms with van der Waals surface area (Å²) >= 11 is 8.47. The third-order valence-electron chi connectivity index (χ3n) is 3.09. The van der Waals surface area contributed by atoms with Crippen LogP contribution in [-0.4, -0.2) is 16.6 Å². The smallest absolute Gasteiger partial charge is 0.161 e. The van der Waals surface area contributed by atoms with Crippen molar-refractivity contribution in [3.05, 3.63) is 20.2 Å². The number of nitrogens with zero attached hydrogens (tertiary/aromatic N) is 2. The number of hydrogen-bond donors (Lipinski definition) is 0. The lowest BCUT2D eigenvalue weighted by atomic mass is 10.0. The molecular formula is C14H22ClIN2O. The second-order valence-electron chi connectivity index (χ2n) is 5.21. The van der Waals surface area contributed by atoms with Gasteiger partial charge in [-0.3, -0.25) is 0 Å². The Balaban J connectivity index is 3.25. The third-order valence-corrected chi connectivity index (χ3v) is 4.82. The molecule has 0 N–H and O–H groups in total. The largest absolute Gasteiger partial charge is 0.368 e. The predicted octanol–water partition coefficient (Wildman–Crippen LogP) is 4.59. The van der Waals surface area contributed by atoms with E-state index in [2.05, 4.69) is 48.3 Å². The predicted molar refractivity (Wildman–Crippen MR) is 87.6 cm³/mol. The summed E-state index contributed by atoms with van der Waals surface area (Å²) in [7, 11) is 0. The van der Waals surface area contributed by atoms with Crippen LogP contribution in [0.25, 0.3) is 0 Å². The van der Waals surface area contributed by atoms with E-state index in [1.165, 1.54) is 0 Å². The van der Waals surface area contributed by atoms with E-state index in [0.29, 0.717) is 23.5 Å². The summed E-state index contributed by atoms with van der Waals surface area (Å²) in [5.74, 6) is 1.23. The quantitative estimate of drug-likeness (QED) is 0.521. The van der Waals surface area contributed by atoms with Crippen molar-refractivity contribution in [1.82, 2.24) is 9.97 Å². The highest BCUT2D eigenvalue weighted by Crippen LogP contribution is 2.30. The first-order valence-electron chi connectivity index (χ1n) is 6.70. The first-order valence-corrected chi connectivity index (χ1v) is 8.16. The fourth-order valence-electron chi connectivity index (χ4n) is 1.86. The van der Waals surface area contributed by atoms with E-state index >= 15 is 0 Å². The number of halogens is 2. The van der Waals surface area contributed by atoms with E-state index < -0.39 is 5.60 Å². The first kappa shape index (κ1) is 17.1. The molecule has 5 heteroatoms. The van der Waals surface area contributed by atoms with Gasteiger partial charge in [0.1, 0.15) is 10.8 Å². The molecule has 0 aliphatic carbocycles. The van der Waals surface area contributed by atoms with Gasteiger partial charge in [0.25, 0.3) is 0 Å². The van der Waals surface area contributed by atoms with Gasteiger partial charge in [-0.2, -0.15) is 0 Å². The molecule has 0 fully saturated rings. The van der Waals surface area contributed by atoms with Crippen molar-refractivity contribution in [2.24, 2.45) is 5.92 Å². The lowest BCUT2D eigenvalue weighted by Gasteiger charge is -2.27. The van der Waals surface area contributed by atoms with E-state index in [4.69, 9.17) is 21.3 Å². The number of hydrogen-bond acceptors (Lipinski definition) is 3. The monoisotopic (exact) mass is 396 g/mol. The molecular weight excluding hydrogens is 375 g/mol. The Bertz CT molecular complexity index is 440. The second-order valence-corrected chi connectivity index (χ2v) is 6.65. The van der Waals surface area contributed by atoms with E-state index in [1.807, 2.05) is 13.8 Å². The van der Waals surface area contributed by atoms with E-state index in [-0.39, 0.29) is 0 Å². The summed E-state index contributed by atoms with van der Waals surface area (Å²) in [6.07, 6.45) is 1.72. The van der Waals surface area contributed by atoms with Gasteiger partial charge >= 0.3 is 0 Å². The van der Waals surface area contributed by atoms with Crippen LogP contribution in [0, 0.1) is 9.49 Å². The molecule has 0 radical (unpaired) electrons. The first-order chi connectivity index (χ1) is 8.84. The normalized spacial score (nSPS) is 14.7. The molecule has 0 saturated carbocycles. The summed E-state index contributed by atoms with van der Waals surface area (Å²) in [5, 5.41) is 0.528. The van der Waals surface area contributed by atoms with Crippen molar-refractivity contribution in [2.45, 2.75) is 53.1 Å². The van der Waals surface area contributed by atoms with Crippen molar-refractivity contribution in [3.8, 4) is 0 Å². The van der Waals surface area contributed by atoms with Gasteiger partial charge in [-0.1, -0.05) is 32.4 Å². The minimum Gasteiger partial charge on any atom is -0.368 e. The maximum Gasteiger partial charge on any atom is 0.161 e. The summed E-state index contributed by atoms with van der Waals surface area (Å²) in [6, 6.07) is 0. The molecule has 1 unspecified atom stereocenters. The van der Waals surface area contributed by atoms with Gasteiger partial charge in [-0.15, -0.1) is 0 Å². The molecule has 1 atom stereocenters. The molecule has 0 spiro atoms. The topological polar surface area (TPSA) is 35.0 Å². The van der Waals surface area contributed by atoms with Crippen molar-refractivity contribution in [3.63, 3.8) is 0 Å². The summed E-state index contributed by atoms with van der Waals surface area (Å²) < 4.78 is 6.78. The van der Waals surface area contributed by atoms with Crippen LogP contribution in [-0.2, 0) is 16.8 Å². The number of ether oxygens (including phenoxy) is 1. The van der Waals surface area contributed by atoms with Crippen LogP contribution in [0.15, 0.2) is 0 Å². The number of aromatic nitrogens is 2. The van der Waals surface area contributed by atoms with E-state index in [0.717, 1.165) is 22.1 Å². The van der Waals surface area contributed by atoms with Crippen LogP contribution in [0.1, 0.15) is 52.6 Å². The molecule has 1 aromatic heterocycles. The van der Waals surface area contributed by atoms with E-state index in [1.54, 1.807) is 0 Å². The molecule has 0 bridgehead atoms. The lowest BCUT2D eigenvalue weighted by Crippen LogP contribution is -2.29. The summed E-state index contributed by atoms with van der Waals surface area (Å²) in [4.78, 5) is 9.13. The molecule has 0 aromatic carbocycles. The Kier molecular flexibility index (Phi) is 6.47. The van der Waals surface area contributed by atoms with Gasteiger partial charge in [0.2, 0.25) is 0 Å². The van der Waals surface area contributed by atoms with Crippen LogP contribution < -0.4 is 0 Å². The van der Waals surface area contributed by atoms with Gasteiger partial charge in [0, 0.05) is 6.61 Å². The zero-order valence-electron chi connectivity index (χ0n) is 12.3. The van der Waals surface area contributed by atoms with Gasteiger partial charge in [0.05, 0.1) is 9.26 Å². The Morgan fingerprint density at radius 2 is 1.95 bits per heavy atom. The van der Waals surface area contributed by atoms with Crippen molar-refractivity contribution in [1.29, 1.82) is 0 Å². The molecule has 1 aromatic rings. The van der Waals surface area contributed by atoms with Crippen LogP contribution in [0.2, 0.25) is 5.15 Å². The maximum absolute atomic E-state index is 6.25. The highest BCUT2D eigenvalue weighted by atomic mass is 127. The van der Waals surface area contributed by atoms with Gasteiger partial charge in [-0.05, 0) is 55.2 Å². The van der Waals surface area contributed by atoms with E-state index in [9.17, 15) is 0 Å². The van der Waals surface area contributed by atoms with Crippen molar-refractivity contribution < 1.29 is 4.74 Å². The second kappa shape index (κ2) is 7.18. The molecule has 0 aliphatic rings. The van der Waals surface area contributed by atoms with Gasteiger partial charge in [-0.25, -0.2) is 9.97 Å². The SMILES string of the molecule is CCOC(C)(CC)c1nc(Cl)c(I)c(CC(C)C)n1. The molecule has 3 nitrogen and oxygen atoms in total. The zero-order valence-corrected chi connectivity index (χ0v) is 15.2. The van der Waals surface area contributed by atoms with Gasteiger partial charge in [0.15, 0.2) is 5.82 Å². The lowest BCUT2D eigenvalue weighted by molar-refractivity contribution is -0.0392. The average molecular weight is 397 g/mol. The van der Waals surface area contributed by atoms with Crippen molar-refractivity contribution >= 4 is 34.2 Å². The van der Waals surface area contributed by atoms with Crippen LogP contribution in [0.5, 0.6) is 0 Å². The standard InChI is InChI=1S/C14H22ClIN2O/c1-6-14(5,19-7-2)13-17-10(8-9(3)4)11(16)12(15)18-13/h9H,6-8H2,1-5H3. The summed E-state index contributed by atoms with van der Waals surface area (Å²) in [6.45, 7) is 11.1. The number of rotatable bonds is 6. The minimum atomic E-state index is -0.464. The third kappa shape index (κ3) is 4.26. The zero-order chi connectivity index (χ0) is 14.6. The fraction of sp³-hybridized carbons (Fsp3) is 0.714. The summed E-state index contributed by atoms with van der Waals surface area (Å²) in [5.41, 5.74) is 0.555. The molecule has 1 heterocycles. The Morgan fingerprint density at radius 3 is 2.42 bits per heavy atom. The van der Waals surface area contributed by atoms with Crippen LogP contribution in [0.3, 0.4) is 0 Å². The van der Waals surface area contributed by atoms with Crippen molar-refractivity contribution in [2.75, 3.05) is 6.61 Å². The molecule has 19 heavy (non-hydrogen) atoms. The average Bonchev–Trinajstić information content (AvgIpc) is 2.34. The maximum atomic E-state index is 6.25. The fourth-order valence-corrected chi connectivity index (χ4v) is 2.52. The Hall–Kier alpha value is 0.0600. The molecule has 108 valence electrons. The Morgan fingerprint density at radius 1 is 1.32 bits per heavy atom. The van der Waals surface area contributed by atoms with Gasteiger partial charge < -0.3 is 4.74 Å². The van der Waals surface area contributed by atoms with Crippen LogP contribution >= 0.6 is 34.2 Å².